The molecule has 1 aromatic rings. The van der Waals surface area contributed by atoms with Crippen LogP contribution in [0.3, 0.4) is 0 Å². The molecule has 1 fully saturated rings. The minimum Gasteiger partial charge on any atom is -0.384 e. The lowest BCUT2D eigenvalue weighted by molar-refractivity contribution is -0.133. The van der Waals surface area contributed by atoms with Gasteiger partial charge < -0.3 is 15.4 Å². The molecule has 4 nitrogen and oxygen atoms in total. The van der Waals surface area contributed by atoms with Crippen LogP contribution in [-0.2, 0) is 4.74 Å². The van der Waals surface area contributed by atoms with Crippen molar-refractivity contribution in [3.8, 4) is 0 Å². The maximum atomic E-state index is 7.79. The predicted octanol–water partition coefficient (Wildman–Crippen LogP) is 3.13. The summed E-state index contributed by atoms with van der Waals surface area (Å²) in [5, 5.41) is 7.79. The molecule has 0 radical (unpaired) electrons. The molecule has 1 saturated heterocycles. The van der Waals surface area contributed by atoms with Crippen LogP contribution in [0.25, 0.3) is 0 Å². The van der Waals surface area contributed by atoms with E-state index in [9.17, 15) is 0 Å². The van der Waals surface area contributed by atoms with Crippen LogP contribution in [-0.4, -0.2) is 30.1 Å². The summed E-state index contributed by atoms with van der Waals surface area (Å²) in [7, 11) is 0. The summed E-state index contributed by atoms with van der Waals surface area (Å²) in [6.07, 6.45) is 0. The van der Waals surface area contributed by atoms with Gasteiger partial charge in [-0.3, -0.25) is 5.41 Å². The molecule has 20 heavy (non-hydrogen) atoms. The van der Waals surface area contributed by atoms with Gasteiger partial charge in [0, 0.05) is 28.8 Å². The van der Waals surface area contributed by atoms with Crippen LogP contribution in [0.4, 0.5) is 5.69 Å². The number of nitrogens with zero attached hydrogens (tertiary/aromatic N) is 1. The van der Waals surface area contributed by atoms with Gasteiger partial charge in [-0.1, -0.05) is 15.9 Å². The van der Waals surface area contributed by atoms with Crippen molar-refractivity contribution in [1.29, 1.82) is 5.41 Å². The van der Waals surface area contributed by atoms with Gasteiger partial charge in [-0.15, -0.1) is 0 Å². The summed E-state index contributed by atoms with van der Waals surface area (Å²) >= 11 is 3.44. The number of benzene rings is 1. The van der Waals surface area contributed by atoms with E-state index < -0.39 is 0 Å². The summed E-state index contributed by atoms with van der Waals surface area (Å²) < 4.78 is 7.03. The van der Waals surface area contributed by atoms with Crippen LogP contribution in [0, 0.1) is 5.41 Å². The largest absolute Gasteiger partial charge is 0.384 e. The first-order chi connectivity index (χ1) is 9.10. The Labute approximate surface area is 128 Å². The molecule has 0 amide bonds. The van der Waals surface area contributed by atoms with Crippen molar-refractivity contribution in [1.82, 2.24) is 0 Å². The second kappa shape index (κ2) is 5.04. The molecule has 0 saturated carbocycles. The van der Waals surface area contributed by atoms with Crippen LogP contribution in [0.1, 0.15) is 33.3 Å². The maximum Gasteiger partial charge on any atom is 0.124 e. The average molecular weight is 340 g/mol. The zero-order valence-corrected chi connectivity index (χ0v) is 14.0. The summed E-state index contributed by atoms with van der Waals surface area (Å²) in [5.41, 5.74) is 7.01. The highest BCUT2D eigenvalue weighted by atomic mass is 79.9. The molecule has 0 aromatic heterocycles. The summed E-state index contributed by atoms with van der Waals surface area (Å²) in [6.45, 7) is 9.91. The summed E-state index contributed by atoms with van der Waals surface area (Å²) in [6, 6.07) is 5.89. The number of amidine groups is 1. The van der Waals surface area contributed by atoms with Gasteiger partial charge >= 0.3 is 0 Å². The Hall–Kier alpha value is -1.07. The van der Waals surface area contributed by atoms with Crippen molar-refractivity contribution in [2.75, 3.05) is 18.0 Å². The normalized spacial score (nSPS) is 20.8. The van der Waals surface area contributed by atoms with E-state index in [1.54, 1.807) is 0 Å². The van der Waals surface area contributed by atoms with Crippen molar-refractivity contribution in [3.63, 3.8) is 0 Å². The van der Waals surface area contributed by atoms with Crippen LogP contribution in [0.2, 0.25) is 0 Å². The number of morpholine rings is 1. The van der Waals surface area contributed by atoms with Crippen molar-refractivity contribution < 1.29 is 4.74 Å². The van der Waals surface area contributed by atoms with Gasteiger partial charge in [-0.2, -0.15) is 0 Å². The van der Waals surface area contributed by atoms with Crippen molar-refractivity contribution >= 4 is 27.5 Å². The monoisotopic (exact) mass is 339 g/mol. The molecule has 0 atom stereocenters. The first-order valence-corrected chi connectivity index (χ1v) is 7.48. The third kappa shape index (κ3) is 3.33. The molecule has 5 heteroatoms. The highest BCUT2D eigenvalue weighted by Crippen LogP contribution is 2.33. The topological polar surface area (TPSA) is 62.3 Å². The minimum absolute atomic E-state index is 0.0865. The van der Waals surface area contributed by atoms with Gasteiger partial charge in [-0.05, 0) is 45.9 Å². The van der Waals surface area contributed by atoms with Crippen LogP contribution in [0.5, 0.6) is 0 Å². The molecule has 2 rings (SSSR count). The van der Waals surface area contributed by atoms with Gasteiger partial charge in [0.2, 0.25) is 0 Å². The highest BCUT2D eigenvalue weighted by Gasteiger charge is 2.38. The molecule has 0 bridgehead atoms. The van der Waals surface area contributed by atoms with Crippen LogP contribution >= 0.6 is 15.9 Å². The summed E-state index contributed by atoms with van der Waals surface area (Å²) in [4.78, 5) is 2.26. The minimum atomic E-state index is -0.233. The van der Waals surface area contributed by atoms with Gasteiger partial charge in [0.15, 0.2) is 0 Å². The molecule has 0 unspecified atom stereocenters. The number of halogens is 1. The van der Waals surface area contributed by atoms with Gasteiger partial charge in [0.1, 0.15) is 5.84 Å². The van der Waals surface area contributed by atoms with E-state index in [-0.39, 0.29) is 17.0 Å². The first-order valence-electron chi connectivity index (χ1n) is 6.69. The molecular formula is C15H22BrN3O. The Morgan fingerprint density at radius 1 is 1.25 bits per heavy atom. The first kappa shape index (κ1) is 15.3. The van der Waals surface area contributed by atoms with E-state index in [0.29, 0.717) is 0 Å². The van der Waals surface area contributed by atoms with E-state index in [0.717, 1.165) is 28.8 Å². The third-order valence-electron chi connectivity index (χ3n) is 3.29. The van der Waals surface area contributed by atoms with Gasteiger partial charge in [0.25, 0.3) is 0 Å². The lowest BCUT2D eigenvalue weighted by atomic mass is 9.97. The number of hydrogen-bond donors (Lipinski definition) is 2. The molecule has 1 aromatic carbocycles. The van der Waals surface area contributed by atoms with E-state index in [4.69, 9.17) is 15.9 Å². The SMILES string of the molecule is CC1(C)CN(c2ccc(Br)cc2C(=N)N)CC(C)(C)O1. The molecule has 0 spiro atoms. The third-order valence-corrected chi connectivity index (χ3v) is 3.78. The molecule has 1 heterocycles. The molecule has 110 valence electrons. The standard InChI is InChI=1S/C15H22BrN3O/c1-14(2)8-19(9-15(3,4)20-14)12-6-5-10(16)7-11(12)13(17)18/h5-7H,8-9H2,1-4H3,(H3,17,18). The smallest absolute Gasteiger partial charge is 0.124 e. The Bertz CT molecular complexity index is 524. The number of anilines is 1. The number of hydrogen-bond acceptors (Lipinski definition) is 3. The van der Waals surface area contributed by atoms with Gasteiger partial charge in [0.05, 0.1) is 11.2 Å². The van der Waals surface area contributed by atoms with E-state index in [1.807, 2.05) is 18.2 Å². The van der Waals surface area contributed by atoms with Gasteiger partial charge in [-0.25, -0.2) is 0 Å². The lowest BCUT2D eigenvalue weighted by Crippen LogP contribution is -2.57. The number of ether oxygens (including phenoxy) is 1. The van der Waals surface area contributed by atoms with Crippen molar-refractivity contribution in [2.24, 2.45) is 5.73 Å². The maximum absolute atomic E-state index is 7.79. The molecule has 1 aliphatic rings. The number of nitrogens with two attached hydrogens (primary N) is 1. The average Bonchev–Trinajstić information content (AvgIpc) is 2.24. The molecular weight excluding hydrogens is 318 g/mol. The number of nitrogen functional groups attached to an aromatic ring is 1. The van der Waals surface area contributed by atoms with Crippen LogP contribution in [0.15, 0.2) is 22.7 Å². The van der Waals surface area contributed by atoms with Crippen molar-refractivity contribution in [2.45, 2.75) is 38.9 Å². The zero-order valence-electron chi connectivity index (χ0n) is 12.5. The Morgan fingerprint density at radius 2 is 1.80 bits per heavy atom. The zero-order chi connectivity index (χ0) is 15.1. The fourth-order valence-electron chi connectivity index (χ4n) is 2.96. The fourth-order valence-corrected chi connectivity index (χ4v) is 3.32. The summed E-state index contributed by atoms with van der Waals surface area (Å²) in [5.74, 6) is 0.0865. The van der Waals surface area contributed by atoms with Crippen LogP contribution < -0.4 is 10.6 Å². The number of nitrogens with one attached hydrogen (secondary N) is 1. The highest BCUT2D eigenvalue weighted by molar-refractivity contribution is 9.10. The van der Waals surface area contributed by atoms with Crippen molar-refractivity contribution in [3.05, 3.63) is 28.2 Å². The van der Waals surface area contributed by atoms with E-state index in [2.05, 4.69) is 48.5 Å². The second-order valence-electron chi connectivity index (χ2n) is 6.55. The lowest BCUT2D eigenvalue weighted by Gasteiger charge is -2.48. The molecule has 0 aliphatic carbocycles. The molecule has 1 aliphatic heterocycles. The Balaban J connectivity index is 2.43. The van der Waals surface area contributed by atoms with E-state index >= 15 is 0 Å². The molecule has 3 N–H and O–H groups in total. The quantitative estimate of drug-likeness (QED) is 0.642. The Morgan fingerprint density at radius 3 is 2.30 bits per heavy atom. The second-order valence-corrected chi connectivity index (χ2v) is 7.47. The predicted molar refractivity (Wildman–Crippen MR) is 86.6 cm³/mol. The van der Waals surface area contributed by atoms with E-state index in [1.165, 1.54) is 0 Å². The Kier molecular flexibility index (Phi) is 3.86. The number of rotatable bonds is 2. The fraction of sp³-hybridized carbons (Fsp3) is 0.533.